The summed E-state index contributed by atoms with van der Waals surface area (Å²) in [5.41, 5.74) is 4.21. The van der Waals surface area contributed by atoms with E-state index in [9.17, 15) is 4.39 Å². The van der Waals surface area contributed by atoms with Crippen LogP contribution in [0.2, 0.25) is 0 Å². The number of ether oxygens (including phenoxy) is 1. The molecule has 0 saturated heterocycles. The molecule has 0 unspecified atom stereocenters. The fourth-order valence-corrected chi connectivity index (χ4v) is 2.68. The first-order valence-electron chi connectivity index (χ1n) is 8.53. The molecule has 3 heteroatoms. The third kappa shape index (κ3) is 4.60. The maximum absolute atomic E-state index is 13.6. The van der Waals surface area contributed by atoms with Gasteiger partial charge in [0, 0.05) is 17.8 Å². The van der Waals surface area contributed by atoms with Crippen molar-refractivity contribution in [2.45, 2.75) is 26.5 Å². The van der Waals surface area contributed by atoms with Gasteiger partial charge in [-0.1, -0.05) is 55.5 Å². The number of aryl methyl sites for hydroxylation is 1. The molecule has 128 valence electrons. The third-order valence-electron chi connectivity index (χ3n) is 4.16. The van der Waals surface area contributed by atoms with Crippen LogP contribution in [0.15, 0.2) is 72.8 Å². The summed E-state index contributed by atoms with van der Waals surface area (Å²) in [5.74, 6) is 0.499. The molecule has 0 bridgehead atoms. The van der Waals surface area contributed by atoms with Gasteiger partial charge in [0.15, 0.2) is 0 Å². The highest BCUT2D eigenvalue weighted by Crippen LogP contribution is 2.19. The number of nitrogens with one attached hydrogen (secondary N) is 1. The van der Waals surface area contributed by atoms with Gasteiger partial charge in [-0.15, -0.1) is 0 Å². The van der Waals surface area contributed by atoms with Crippen LogP contribution in [0.3, 0.4) is 0 Å². The molecule has 3 aromatic carbocycles. The maximum Gasteiger partial charge on any atom is 0.129 e. The Morgan fingerprint density at radius 3 is 2.24 bits per heavy atom. The van der Waals surface area contributed by atoms with E-state index in [1.165, 1.54) is 22.9 Å². The largest absolute Gasteiger partial charge is 0.489 e. The summed E-state index contributed by atoms with van der Waals surface area (Å²) < 4.78 is 19.3. The smallest absolute Gasteiger partial charge is 0.129 e. The van der Waals surface area contributed by atoms with E-state index in [-0.39, 0.29) is 12.4 Å². The molecule has 3 rings (SSSR count). The average Bonchev–Trinajstić information content (AvgIpc) is 2.67. The van der Waals surface area contributed by atoms with Crippen molar-refractivity contribution in [1.82, 2.24) is 0 Å². The Morgan fingerprint density at radius 1 is 0.840 bits per heavy atom. The van der Waals surface area contributed by atoms with Crippen LogP contribution in [-0.2, 0) is 19.6 Å². The second kappa shape index (κ2) is 8.34. The SMILES string of the molecule is CCc1ccccc1NCc1ccc(OCc2ccccc2F)cc1. The molecule has 25 heavy (non-hydrogen) atoms. The molecule has 0 aliphatic heterocycles. The molecule has 0 radical (unpaired) electrons. The standard InChI is InChI=1S/C22H22FNO/c1-2-18-7-4-6-10-22(18)24-15-17-11-13-20(14-12-17)25-16-19-8-3-5-9-21(19)23/h3-14,24H,2,15-16H2,1H3. The van der Waals surface area contributed by atoms with Crippen LogP contribution >= 0.6 is 0 Å². The fraction of sp³-hybridized carbons (Fsp3) is 0.182. The summed E-state index contributed by atoms with van der Waals surface area (Å²) in [7, 11) is 0. The molecule has 2 nitrogen and oxygen atoms in total. The van der Waals surface area contributed by atoms with Crippen molar-refractivity contribution < 1.29 is 9.13 Å². The Bertz CT molecular complexity index is 814. The Labute approximate surface area is 148 Å². The van der Waals surface area contributed by atoms with E-state index < -0.39 is 0 Å². The molecule has 0 aliphatic rings. The van der Waals surface area contributed by atoms with Gasteiger partial charge in [-0.25, -0.2) is 4.39 Å². The van der Waals surface area contributed by atoms with Gasteiger partial charge in [-0.2, -0.15) is 0 Å². The molecule has 0 aromatic heterocycles. The number of para-hydroxylation sites is 1. The van der Waals surface area contributed by atoms with E-state index in [1.54, 1.807) is 12.1 Å². The summed E-state index contributed by atoms with van der Waals surface area (Å²) in [6.45, 7) is 3.14. The lowest BCUT2D eigenvalue weighted by atomic mass is 10.1. The van der Waals surface area contributed by atoms with E-state index in [1.807, 2.05) is 36.4 Å². The van der Waals surface area contributed by atoms with Crippen LogP contribution in [-0.4, -0.2) is 0 Å². The van der Waals surface area contributed by atoms with Crippen LogP contribution in [0.4, 0.5) is 10.1 Å². The minimum absolute atomic E-state index is 0.230. The minimum Gasteiger partial charge on any atom is -0.489 e. The number of hydrogen-bond acceptors (Lipinski definition) is 2. The molecular weight excluding hydrogens is 313 g/mol. The molecule has 1 N–H and O–H groups in total. The monoisotopic (exact) mass is 335 g/mol. The van der Waals surface area contributed by atoms with Crippen LogP contribution in [0.5, 0.6) is 5.75 Å². The molecule has 0 aliphatic carbocycles. The van der Waals surface area contributed by atoms with Crippen molar-refractivity contribution in [1.29, 1.82) is 0 Å². The topological polar surface area (TPSA) is 21.3 Å². The second-order valence-corrected chi connectivity index (χ2v) is 5.89. The Morgan fingerprint density at radius 2 is 1.52 bits per heavy atom. The van der Waals surface area contributed by atoms with E-state index in [2.05, 4.69) is 30.4 Å². The molecule has 0 atom stereocenters. The summed E-state index contributed by atoms with van der Waals surface area (Å²) in [5, 5.41) is 3.47. The van der Waals surface area contributed by atoms with Gasteiger partial charge in [0.2, 0.25) is 0 Å². The van der Waals surface area contributed by atoms with Crippen LogP contribution in [0.25, 0.3) is 0 Å². The third-order valence-corrected chi connectivity index (χ3v) is 4.16. The lowest BCUT2D eigenvalue weighted by Gasteiger charge is -2.12. The number of halogens is 1. The summed E-state index contributed by atoms with van der Waals surface area (Å²) >= 11 is 0. The second-order valence-electron chi connectivity index (χ2n) is 5.89. The molecule has 3 aromatic rings. The number of anilines is 1. The number of hydrogen-bond donors (Lipinski definition) is 1. The zero-order chi connectivity index (χ0) is 17.5. The van der Waals surface area contributed by atoms with E-state index in [0.29, 0.717) is 5.56 Å². The minimum atomic E-state index is -0.238. The van der Waals surface area contributed by atoms with Gasteiger partial charge < -0.3 is 10.1 Å². The molecule has 0 saturated carbocycles. The van der Waals surface area contributed by atoms with Crippen molar-refractivity contribution in [3.63, 3.8) is 0 Å². The van der Waals surface area contributed by atoms with Gasteiger partial charge >= 0.3 is 0 Å². The Kier molecular flexibility index (Phi) is 5.68. The first kappa shape index (κ1) is 17.0. The van der Waals surface area contributed by atoms with Crippen molar-refractivity contribution in [2.24, 2.45) is 0 Å². The predicted octanol–water partition coefficient (Wildman–Crippen LogP) is 5.58. The molecule has 0 spiro atoms. The lowest BCUT2D eigenvalue weighted by molar-refractivity contribution is 0.300. The summed E-state index contributed by atoms with van der Waals surface area (Å²) in [6.07, 6.45) is 1.01. The molecule has 0 amide bonds. The number of benzene rings is 3. The van der Waals surface area contributed by atoms with Crippen LogP contribution in [0.1, 0.15) is 23.6 Å². The quantitative estimate of drug-likeness (QED) is 0.608. The van der Waals surface area contributed by atoms with Gasteiger partial charge in [0.05, 0.1) is 0 Å². The fourth-order valence-electron chi connectivity index (χ4n) is 2.68. The molecule has 0 heterocycles. The maximum atomic E-state index is 13.6. The molecular formula is C22H22FNO. The zero-order valence-electron chi connectivity index (χ0n) is 14.3. The first-order valence-corrected chi connectivity index (χ1v) is 8.53. The van der Waals surface area contributed by atoms with Crippen molar-refractivity contribution in [3.05, 3.63) is 95.3 Å². The average molecular weight is 335 g/mol. The van der Waals surface area contributed by atoms with Crippen LogP contribution in [0, 0.1) is 5.82 Å². The highest BCUT2D eigenvalue weighted by molar-refractivity contribution is 5.51. The van der Waals surface area contributed by atoms with Crippen molar-refractivity contribution in [3.8, 4) is 5.75 Å². The van der Waals surface area contributed by atoms with Gasteiger partial charge in [-0.3, -0.25) is 0 Å². The highest BCUT2D eigenvalue weighted by atomic mass is 19.1. The van der Waals surface area contributed by atoms with Crippen molar-refractivity contribution in [2.75, 3.05) is 5.32 Å². The number of rotatable bonds is 7. The van der Waals surface area contributed by atoms with Crippen molar-refractivity contribution >= 4 is 5.69 Å². The van der Waals surface area contributed by atoms with Gasteiger partial charge in [-0.05, 0) is 41.8 Å². The first-order chi connectivity index (χ1) is 12.3. The van der Waals surface area contributed by atoms with Crippen LogP contribution < -0.4 is 10.1 Å². The van der Waals surface area contributed by atoms with E-state index in [0.717, 1.165) is 18.7 Å². The lowest BCUT2D eigenvalue weighted by Crippen LogP contribution is -2.02. The Balaban J connectivity index is 1.56. The van der Waals surface area contributed by atoms with E-state index in [4.69, 9.17) is 4.74 Å². The van der Waals surface area contributed by atoms with E-state index >= 15 is 0 Å². The predicted molar refractivity (Wildman–Crippen MR) is 100 cm³/mol. The van der Waals surface area contributed by atoms with Gasteiger partial charge in [0.25, 0.3) is 0 Å². The summed E-state index contributed by atoms with van der Waals surface area (Å²) in [4.78, 5) is 0. The Hall–Kier alpha value is -2.81. The van der Waals surface area contributed by atoms with Gasteiger partial charge in [0.1, 0.15) is 18.2 Å². The molecule has 0 fully saturated rings. The summed E-state index contributed by atoms with van der Waals surface area (Å²) in [6, 6.07) is 22.9. The highest BCUT2D eigenvalue weighted by Gasteiger charge is 2.03. The zero-order valence-corrected chi connectivity index (χ0v) is 14.3. The normalized spacial score (nSPS) is 10.5.